The first-order valence-corrected chi connectivity index (χ1v) is 8.10. The smallest absolute Gasteiger partial charge is 0.242 e. The highest BCUT2D eigenvalue weighted by atomic mass is 16.2. The lowest BCUT2D eigenvalue weighted by Gasteiger charge is -2.26. The maximum absolute atomic E-state index is 12.3. The number of benzene rings is 1. The van der Waals surface area contributed by atoms with Crippen molar-refractivity contribution in [2.75, 3.05) is 31.5 Å². The second-order valence-electron chi connectivity index (χ2n) is 6.19. The Hall–Kier alpha value is -1.55. The van der Waals surface area contributed by atoms with E-state index in [0.29, 0.717) is 5.92 Å². The van der Waals surface area contributed by atoms with Gasteiger partial charge in [0.2, 0.25) is 5.91 Å². The molecule has 4 nitrogen and oxygen atoms in total. The number of hydrogen-bond donors (Lipinski definition) is 2. The fourth-order valence-electron chi connectivity index (χ4n) is 3.37. The number of likely N-dealkylation sites (tertiary alicyclic amines) is 1. The summed E-state index contributed by atoms with van der Waals surface area (Å²) in [7, 11) is 0. The van der Waals surface area contributed by atoms with Crippen LogP contribution >= 0.6 is 0 Å². The van der Waals surface area contributed by atoms with Crippen molar-refractivity contribution in [3.05, 3.63) is 29.8 Å². The highest BCUT2D eigenvalue weighted by Gasteiger charge is 2.26. The van der Waals surface area contributed by atoms with Gasteiger partial charge >= 0.3 is 0 Å². The number of para-hydroxylation sites is 1. The van der Waals surface area contributed by atoms with Crippen LogP contribution in [0.3, 0.4) is 0 Å². The summed E-state index contributed by atoms with van der Waals surface area (Å²) in [6.45, 7) is 6.43. The van der Waals surface area contributed by atoms with Crippen LogP contribution in [0.4, 0.5) is 5.69 Å². The van der Waals surface area contributed by atoms with Crippen LogP contribution in [0.2, 0.25) is 0 Å². The van der Waals surface area contributed by atoms with E-state index in [1.165, 1.54) is 18.5 Å². The van der Waals surface area contributed by atoms with E-state index in [2.05, 4.69) is 40.7 Å². The Kier molecular flexibility index (Phi) is 4.44. The molecule has 21 heavy (non-hydrogen) atoms. The first-order valence-electron chi connectivity index (χ1n) is 8.10. The van der Waals surface area contributed by atoms with Crippen molar-refractivity contribution in [3.63, 3.8) is 0 Å². The van der Waals surface area contributed by atoms with E-state index in [-0.39, 0.29) is 11.9 Å². The average molecular weight is 287 g/mol. The molecular weight excluding hydrogens is 262 g/mol. The first kappa shape index (κ1) is 14.4. The number of carbonyl (C=O) groups is 1. The van der Waals surface area contributed by atoms with E-state index in [4.69, 9.17) is 0 Å². The SMILES string of the molecule is CCN1CCC(CNC(=O)C2CCc3ccccc3N2)C1. The molecule has 0 spiro atoms. The second kappa shape index (κ2) is 6.48. The minimum absolute atomic E-state index is 0.0800. The lowest BCUT2D eigenvalue weighted by molar-refractivity contribution is -0.122. The summed E-state index contributed by atoms with van der Waals surface area (Å²) >= 11 is 0. The van der Waals surface area contributed by atoms with E-state index >= 15 is 0 Å². The Balaban J connectivity index is 1.48. The molecule has 2 heterocycles. The minimum atomic E-state index is -0.0800. The van der Waals surface area contributed by atoms with Gasteiger partial charge in [0.05, 0.1) is 0 Å². The third-order valence-corrected chi connectivity index (χ3v) is 4.75. The number of nitrogens with one attached hydrogen (secondary N) is 2. The average Bonchev–Trinajstić information content (AvgIpc) is 3.00. The summed E-state index contributed by atoms with van der Waals surface area (Å²) in [6, 6.07) is 8.19. The summed E-state index contributed by atoms with van der Waals surface area (Å²) in [5.74, 6) is 0.768. The van der Waals surface area contributed by atoms with Crippen molar-refractivity contribution in [1.82, 2.24) is 10.2 Å². The molecule has 1 saturated heterocycles. The van der Waals surface area contributed by atoms with Gasteiger partial charge in [0, 0.05) is 18.8 Å². The van der Waals surface area contributed by atoms with Gasteiger partial charge in [-0.1, -0.05) is 25.1 Å². The molecule has 4 heteroatoms. The number of carbonyl (C=O) groups excluding carboxylic acids is 1. The van der Waals surface area contributed by atoms with Crippen molar-refractivity contribution in [2.45, 2.75) is 32.2 Å². The number of anilines is 1. The molecule has 0 radical (unpaired) electrons. The number of amides is 1. The molecule has 2 unspecified atom stereocenters. The maximum Gasteiger partial charge on any atom is 0.242 e. The van der Waals surface area contributed by atoms with Gasteiger partial charge in [-0.15, -0.1) is 0 Å². The zero-order chi connectivity index (χ0) is 14.7. The van der Waals surface area contributed by atoms with Crippen molar-refractivity contribution >= 4 is 11.6 Å². The van der Waals surface area contributed by atoms with Gasteiger partial charge in [0.25, 0.3) is 0 Å². The van der Waals surface area contributed by atoms with Gasteiger partial charge in [-0.3, -0.25) is 4.79 Å². The van der Waals surface area contributed by atoms with Crippen molar-refractivity contribution in [2.24, 2.45) is 5.92 Å². The second-order valence-corrected chi connectivity index (χ2v) is 6.19. The van der Waals surface area contributed by atoms with Crippen LogP contribution in [-0.2, 0) is 11.2 Å². The number of fused-ring (bicyclic) bond motifs is 1. The Labute approximate surface area is 126 Å². The molecule has 1 fully saturated rings. The van der Waals surface area contributed by atoms with Crippen LogP contribution in [0.15, 0.2) is 24.3 Å². The predicted octanol–water partition coefficient (Wildman–Crippen LogP) is 1.87. The van der Waals surface area contributed by atoms with Gasteiger partial charge in [-0.25, -0.2) is 0 Å². The van der Waals surface area contributed by atoms with Gasteiger partial charge in [-0.2, -0.15) is 0 Å². The van der Waals surface area contributed by atoms with Crippen LogP contribution in [-0.4, -0.2) is 43.0 Å². The van der Waals surface area contributed by atoms with Gasteiger partial charge in [0.1, 0.15) is 6.04 Å². The fourth-order valence-corrected chi connectivity index (χ4v) is 3.37. The molecule has 0 saturated carbocycles. The summed E-state index contributed by atoms with van der Waals surface area (Å²) in [5, 5.41) is 6.51. The summed E-state index contributed by atoms with van der Waals surface area (Å²) in [6.07, 6.45) is 3.07. The topological polar surface area (TPSA) is 44.4 Å². The summed E-state index contributed by atoms with van der Waals surface area (Å²) in [4.78, 5) is 14.8. The molecule has 114 valence electrons. The number of rotatable bonds is 4. The standard InChI is InChI=1S/C17H25N3O/c1-2-20-10-9-13(12-20)11-18-17(21)16-8-7-14-5-3-4-6-15(14)19-16/h3-6,13,16,19H,2,7-12H2,1H3,(H,18,21). The Morgan fingerprint density at radius 3 is 3.05 bits per heavy atom. The molecule has 2 N–H and O–H groups in total. The lowest BCUT2D eigenvalue weighted by Crippen LogP contribution is -2.43. The molecule has 0 bridgehead atoms. The predicted molar refractivity (Wildman–Crippen MR) is 85.4 cm³/mol. The van der Waals surface area contributed by atoms with E-state index in [0.717, 1.165) is 38.2 Å². The van der Waals surface area contributed by atoms with Crippen LogP contribution < -0.4 is 10.6 Å². The van der Waals surface area contributed by atoms with Crippen molar-refractivity contribution in [3.8, 4) is 0 Å². The van der Waals surface area contributed by atoms with Crippen LogP contribution in [0.25, 0.3) is 0 Å². The van der Waals surface area contributed by atoms with E-state index in [9.17, 15) is 4.79 Å². The Bertz CT molecular complexity index is 503. The first-order chi connectivity index (χ1) is 10.3. The quantitative estimate of drug-likeness (QED) is 0.888. The normalized spacial score (nSPS) is 25.2. The van der Waals surface area contributed by atoms with Crippen molar-refractivity contribution < 1.29 is 4.79 Å². The molecule has 2 atom stereocenters. The highest BCUT2D eigenvalue weighted by Crippen LogP contribution is 2.24. The molecule has 2 aliphatic heterocycles. The third-order valence-electron chi connectivity index (χ3n) is 4.75. The molecule has 1 aromatic rings. The van der Waals surface area contributed by atoms with E-state index in [1.54, 1.807) is 0 Å². The molecule has 3 rings (SSSR count). The monoisotopic (exact) mass is 287 g/mol. The molecule has 1 amide bonds. The molecule has 0 aromatic heterocycles. The highest BCUT2D eigenvalue weighted by molar-refractivity contribution is 5.85. The lowest BCUT2D eigenvalue weighted by atomic mass is 9.97. The minimum Gasteiger partial charge on any atom is -0.373 e. The number of aryl methyl sites for hydroxylation is 1. The molecule has 1 aromatic carbocycles. The zero-order valence-electron chi connectivity index (χ0n) is 12.8. The summed E-state index contributed by atoms with van der Waals surface area (Å²) < 4.78 is 0. The van der Waals surface area contributed by atoms with Gasteiger partial charge < -0.3 is 15.5 Å². The molecular formula is C17H25N3O. The zero-order valence-corrected chi connectivity index (χ0v) is 12.8. The van der Waals surface area contributed by atoms with Crippen LogP contribution in [0, 0.1) is 5.92 Å². The molecule has 2 aliphatic rings. The largest absolute Gasteiger partial charge is 0.373 e. The Morgan fingerprint density at radius 2 is 2.24 bits per heavy atom. The van der Waals surface area contributed by atoms with Crippen LogP contribution in [0.1, 0.15) is 25.3 Å². The number of hydrogen-bond acceptors (Lipinski definition) is 3. The third kappa shape index (κ3) is 3.38. The Morgan fingerprint density at radius 1 is 1.38 bits per heavy atom. The number of nitrogens with zero attached hydrogens (tertiary/aromatic N) is 1. The van der Waals surface area contributed by atoms with Crippen LogP contribution in [0.5, 0.6) is 0 Å². The fraction of sp³-hybridized carbons (Fsp3) is 0.588. The van der Waals surface area contributed by atoms with Crippen molar-refractivity contribution in [1.29, 1.82) is 0 Å². The van der Waals surface area contributed by atoms with Gasteiger partial charge in [-0.05, 0) is 49.9 Å². The molecule has 0 aliphatic carbocycles. The van der Waals surface area contributed by atoms with E-state index < -0.39 is 0 Å². The summed E-state index contributed by atoms with van der Waals surface area (Å²) in [5.41, 5.74) is 2.43. The van der Waals surface area contributed by atoms with Gasteiger partial charge in [0.15, 0.2) is 0 Å². The van der Waals surface area contributed by atoms with E-state index in [1.807, 2.05) is 6.07 Å². The maximum atomic E-state index is 12.3.